The molecule has 2 aromatic heterocycles. The molecule has 2 aromatic rings. The average molecular weight is 300 g/mol. The van der Waals surface area contributed by atoms with Crippen molar-refractivity contribution in [1.82, 2.24) is 25.1 Å². The summed E-state index contributed by atoms with van der Waals surface area (Å²) in [5.41, 5.74) is 0.803. The standard InChI is InChI=1S/C16H24N6/c1-2-6-13(7-3-1)22-8-4-5-12(10-22)20-15-14-9-19-21-16(14)18-11-17-15/h9,11-13H,1-8,10H2,(H2,17,18,19,20,21). The first kappa shape index (κ1) is 13.9. The van der Waals surface area contributed by atoms with Crippen LogP contribution < -0.4 is 5.32 Å². The summed E-state index contributed by atoms with van der Waals surface area (Å²) in [4.78, 5) is 11.3. The maximum Gasteiger partial charge on any atom is 0.160 e. The van der Waals surface area contributed by atoms with Crippen LogP contribution in [0.5, 0.6) is 0 Å². The molecule has 6 heteroatoms. The zero-order valence-corrected chi connectivity index (χ0v) is 13.0. The third-order valence-corrected chi connectivity index (χ3v) is 5.13. The molecule has 6 nitrogen and oxygen atoms in total. The normalized spacial score (nSPS) is 24.6. The van der Waals surface area contributed by atoms with Crippen molar-refractivity contribution in [2.24, 2.45) is 0 Å². The van der Waals surface area contributed by atoms with Crippen molar-refractivity contribution in [3.63, 3.8) is 0 Å². The summed E-state index contributed by atoms with van der Waals surface area (Å²) in [5, 5.41) is 11.6. The van der Waals surface area contributed by atoms with E-state index in [0.717, 1.165) is 29.4 Å². The molecule has 2 fully saturated rings. The lowest BCUT2D eigenvalue weighted by atomic mass is 9.92. The minimum Gasteiger partial charge on any atom is -0.365 e. The minimum atomic E-state index is 0.476. The largest absolute Gasteiger partial charge is 0.365 e. The third kappa shape index (κ3) is 2.79. The number of nitrogens with one attached hydrogen (secondary N) is 2. The maximum absolute atomic E-state index is 4.41. The average Bonchev–Trinajstić information content (AvgIpc) is 3.06. The van der Waals surface area contributed by atoms with Gasteiger partial charge in [-0.3, -0.25) is 10.00 Å². The second kappa shape index (κ2) is 6.20. The van der Waals surface area contributed by atoms with E-state index in [-0.39, 0.29) is 0 Å². The van der Waals surface area contributed by atoms with Gasteiger partial charge < -0.3 is 5.32 Å². The smallest absolute Gasteiger partial charge is 0.160 e. The molecule has 2 N–H and O–H groups in total. The first-order valence-corrected chi connectivity index (χ1v) is 8.55. The van der Waals surface area contributed by atoms with Crippen molar-refractivity contribution in [1.29, 1.82) is 0 Å². The minimum absolute atomic E-state index is 0.476. The second-order valence-corrected chi connectivity index (χ2v) is 6.62. The lowest BCUT2D eigenvalue weighted by Gasteiger charge is -2.40. The van der Waals surface area contributed by atoms with Gasteiger partial charge in [-0.25, -0.2) is 9.97 Å². The van der Waals surface area contributed by atoms with E-state index in [1.54, 1.807) is 12.5 Å². The molecule has 2 aliphatic rings. The number of H-pyrrole nitrogens is 1. The number of likely N-dealkylation sites (tertiary alicyclic amines) is 1. The summed E-state index contributed by atoms with van der Waals surface area (Å²) in [5.74, 6) is 0.911. The van der Waals surface area contributed by atoms with Crippen LogP contribution in [0, 0.1) is 0 Å². The molecule has 22 heavy (non-hydrogen) atoms. The number of nitrogens with zero attached hydrogens (tertiary/aromatic N) is 4. The molecule has 1 atom stereocenters. The molecule has 1 unspecified atom stereocenters. The van der Waals surface area contributed by atoms with Gasteiger partial charge >= 0.3 is 0 Å². The third-order valence-electron chi connectivity index (χ3n) is 5.13. The molecule has 0 radical (unpaired) electrons. The Hall–Kier alpha value is -1.69. The number of hydrogen-bond donors (Lipinski definition) is 2. The topological polar surface area (TPSA) is 69.7 Å². The van der Waals surface area contributed by atoms with Gasteiger partial charge in [-0.1, -0.05) is 19.3 Å². The molecule has 0 aromatic carbocycles. The molecule has 1 saturated heterocycles. The maximum atomic E-state index is 4.41. The highest BCUT2D eigenvalue weighted by Gasteiger charge is 2.27. The highest BCUT2D eigenvalue weighted by molar-refractivity contribution is 5.85. The number of hydrogen-bond acceptors (Lipinski definition) is 5. The Morgan fingerprint density at radius 1 is 1.09 bits per heavy atom. The van der Waals surface area contributed by atoms with Gasteiger partial charge in [-0.2, -0.15) is 5.10 Å². The zero-order valence-electron chi connectivity index (χ0n) is 13.0. The van der Waals surface area contributed by atoms with E-state index < -0.39 is 0 Å². The summed E-state index contributed by atoms with van der Waals surface area (Å²) in [6, 6.07) is 1.28. The number of anilines is 1. The summed E-state index contributed by atoms with van der Waals surface area (Å²) in [7, 11) is 0. The fourth-order valence-corrected chi connectivity index (χ4v) is 3.98. The van der Waals surface area contributed by atoms with Crippen LogP contribution in [-0.2, 0) is 0 Å². The van der Waals surface area contributed by atoms with Crippen molar-refractivity contribution >= 4 is 16.9 Å². The Morgan fingerprint density at radius 2 is 2.00 bits per heavy atom. The van der Waals surface area contributed by atoms with Gasteiger partial charge in [0, 0.05) is 18.6 Å². The van der Waals surface area contributed by atoms with E-state index >= 15 is 0 Å². The Balaban J connectivity index is 1.45. The molecular formula is C16H24N6. The second-order valence-electron chi connectivity index (χ2n) is 6.62. The van der Waals surface area contributed by atoms with Crippen LogP contribution in [0.3, 0.4) is 0 Å². The Labute approximate surface area is 130 Å². The van der Waals surface area contributed by atoms with Crippen LogP contribution in [0.15, 0.2) is 12.5 Å². The van der Waals surface area contributed by atoms with Crippen LogP contribution in [0.25, 0.3) is 11.0 Å². The molecule has 0 amide bonds. The lowest BCUT2D eigenvalue weighted by molar-refractivity contribution is 0.124. The zero-order chi connectivity index (χ0) is 14.8. The van der Waals surface area contributed by atoms with Gasteiger partial charge in [0.15, 0.2) is 5.65 Å². The van der Waals surface area contributed by atoms with Gasteiger partial charge in [-0.15, -0.1) is 0 Å². The van der Waals surface area contributed by atoms with Crippen LogP contribution in [0.1, 0.15) is 44.9 Å². The van der Waals surface area contributed by atoms with E-state index in [2.05, 4.69) is 30.4 Å². The SMILES string of the molecule is c1nc(NC2CCCN(C3CCCCC3)C2)c2cn[nH]c2n1. The van der Waals surface area contributed by atoms with Crippen molar-refractivity contribution in [3.05, 3.63) is 12.5 Å². The fourth-order valence-electron chi connectivity index (χ4n) is 3.98. The van der Waals surface area contributed by atoms with E-state index in [1.165, 1.54) is 51.5 Å². The number of aromatic nitrogens is 4. The number of aromatic amines is 1. The molecule has 1 saturated carbocycles. The quantitative estimate of drug-likeness (QED) is 0.911. The first-order valence-electron chi connectivity index (χ1n) is 8.55. The number of fused-ring (bicyclic) bond motifs is 1. The van der Waals surface area contributed by atoms with E-state index in [0.29, 0.717) is 6.04 Å². The van der Waals surface area contributed by atoms with E-state index in [9.17, 15) is 0 Å². The van der Waals surface area contributed by atoms with Crippen LogP contribution in [0.2, 0.25) is 0 Å². The highest BCUT2D eigenvalue weighted by Crippen LogP contribution is 2.26. The molecule has 4 rings (SSSR count). The van der Waals surface area contributed by atoms with Crippen molar-refractivity contribution in [2.75, 3.05) is 18.4 Å². The molecule has 3 heterocycles. The predicted octanol–water partition coefficient (Wildman–Crippen LogP) is 2.56. The predicted molar refractivity (Wildman–Crippen MR) is 86.8 cm³/mol. The molecule has 118 valence electrons. The molecular weight excluding hydrogens is 276 g/mol. The fraction of sp³-hybridized carbons (Fsp3) is 0.688. The van der Waals surface area contributed by atoms with Gasteiger partial charge in [0.1, 0.15) is 12.1 Å². The molecule has 1 aliphatic carbocycles. The van der Waals surface area contributed by atoms with Gasteiger partial charge in [-0.05, 0) is 32.2 Å². The summed E-state index contributed by atoms with van der Waals surface area (Å²) >= 11 is 0. The molecule has 0 bridgehead atoms. The van der Waals surface area contributed by atoms with E-state index in [4.69, 9.17) is 0 Å². The van der Waals surface area contributed by atoms with Crippen molar-refractivity contribution in [2.45, 2.75) is 57.0 Å². The molecule has 0 spiro atoms. The van der Waals surface area contributed by atoms with Gasteiger partial charge in [0.2, 0.25) is 0 Å². The summed E-state index contributed by atoms with van der Waals surface area (Å²) < 4.78 is 0. The van der Waals surface area contributed by atoms with E-state index in [1.807, 2.05) is 0 Å². The highest BCUT2D eigenvalue weighted by atomic mass is 15.2. The Kier molecular flexibility index (Phi) is 3.93. The lowest BCUT2D eigenvalue weighted by Crippen LogP contribution is -2.47. The van der Waals surface area contributed by atoms with Crippen LogP contribution in [0.4, 0.5) is 5.82 Å². The summed E-state index contributed by atoms with van der Waals surface area (Å²) in [6.07, 6.45) is 12.9. The van der Waals surface area contributed by atoms with Gasteiger partial charge in [0.05, 0.1) is 11.6 Å². The number of rotatable bonds is 3. The van der Waals surface area contributed by atoms with Crippen LogP contribution >= 0.6 is 0 Å². The Bertz CT molecular complexity index is 618. The number of piperidine rings is 1. The van der Waals surface area contributed by atoms with Gasteiger partial charge in [0.25, 0.3) is 0 Å². The molecule has 1 aliphatic heterocycles. The summed E-state index contributed by atoms with van der Waals surface area (Å²) in [6.45, 7) is 2.39. The Morgan fingerprint density at radius 3 is 2.91 bits per heavy atom. The monoisotopic (exact) mass is 300 g/mol. The first-order chi connectivity index (χ1) is 10.9. The van der Waals surface area contributed by atoms with Crippen molar-refractivity contribution in [3.8, 4) is 0 Å². The van der Waals surface area contributed by atoms with Crippen molar-refractivity contribution < 1.29 is 0 Å². The van der Waals surface area contributed by atoms with Crippen LogP contribution in [-0.4, -0.2) is 50.2 Å².